The lowest BCUT2D eigenvalue weighted by molar-refractivity contribution is -0.137. The van der Waals surface area contributed by atoms with Crippen molar-refractivity contribution in [2.75, 3.05) is 0 Å². The smallest absolute Gasteiger partial charge is 0.303 e. The van der Waals surface area contributed by atoms with E-state index in [0.717, 1.165) is 43.4 Å². The molecule has 0 heterocycles. The van der Waals surface area contributed by atoms with E-state index < -0.39 is 11.6 Å². The summed E-state index contributed by atoms with van der Waals surface area (Å²) in [5.41, 5.74) is 0.806. The Morgan fingerprint density at radius 3 is 2.03 bits per heavy atom. The number of allylic oxidation sites excluding steroid dienone is 3. The zero-order valence-corrected chi connectivity index (χ0v) is 18.2. The molecule has 0 saturated heterocycles. The Labute approximate surface area is 180 Å². The standard InChI is InChI=1S/C26H38O4/c27-23(5-6-25-12-18-7-19(13-25)9-20(8-18)14-25)26(30)15-21-10-17(11-22(21)16-26)3-1-2-4-24(28)29/h3,5,18-22,27,30H,1-2,4,6-16H2,(H,28,29)/t18?,19?,20?,21-,22+,25?,26?. The van der Waals surface area contributed by atoms with Crippen LogP contribution in [0.3, 0.4) is 0 Å². The Hall–Kier alpha value is -1.29. The van der Waals surface area contributed by atoms with Gasteiger partial charge in [0.05, 0.1) is 0 Å². The second-order valence-corrected chi connectivity index (χ2v) is 11.7. The lowest BCUT2D eigenvalue weighted by Gasteiger charge is -2.56. The first kappa shape index (κ1) is 20.6. The van der Waals surface area contributed by atoms with E-state index in [0.29, 0.717) is 36.5 Å². The molecule has 0 spiro atoms. The summed E-state index contributed by atoms with van der Waals surface area (Å²) in [6, 6.07) is 0. The number of aliphatic hydroxyl groups is 2. The molecule has 6 aliphatic rings. The molecule has 6 saturated carbocycles. The first-order chi connectivity index (χ1) is 14.3. The molecule has 166 valence electrons. The molecule has 3 N–H and O–H groups in total. The van der Waals surface area contributed by atoms with E-state index in [1.54, 1.807) is 0 Å². The first-order valence-corrected chi connectivity index (χ1v) is 12.3. The summed E-state index contributed by atoms with van der Waals surface area (Å²) in [6.07, 6.45) is 18.6. The predicted molar refractivity (Wildman–Crippen MR) is 116 cm³/mol. The lowest BCUT2D eigenvalue weighted by atomic mass is 9.49. The summed E-state index contributed by atoms with van der Waals surface area (Å²) in [5, 5.41) is 30.9. The number of aliphatic hydroxyl groups excluding tert-OH is 1. The minimum absolute atomic E-state index is 0.235. The number of hydrogen-bond donors (Lipinski definition) is 3. The van der Waals surface area contributed by atoms with Gasteiger partial charge in [0.2, 0.25) is 0 Å². The van der Waals surface area contributed by atoms with Gasteiger partial charge in [-0.3, -0.25) is 4.79 Å². The van der Waals surface area contributed by atoms with Crippen molar-refractivity contribution in [1.82, 2.24) is 0 Å². The second-order valence-electron chi connectivity index (χ2n) is 11.7. The monoisotopic (exact) mass is 414 g/mol. The number of aliphatic carboxylic acids is 1. The number of rotatable bonds is 7. The molecule has 3 atom stereocenters. The van der Waals surface area contributed by atoms with Gasteiger partial charge in [0.25, 0.3) is 0 Å². The van der Waals surface area contributed by atoms with Crippen molar-refractivity contribution in [3.63, 3.8) is 0 Å². The van der Waals surface area contributed by atoms with E-state index in [-0.39, 0.29) is 12.2 Å². The van der Waals surface area contributed by atoms with E-state index in [1.165, 1.54) is 44.1 Å². The van der Waals surface area contributed by atoms with Crippen LogP contribution in [0.4, 0.5) is 0 Å². The molecule has 6 rings (SSSR count). The van der Waals surface area contributed by atoms with E-state index in [4.69, 9.17) is 5.11 Å². The molecule has 4 bridgehead atoms. The van der Waals surface area contributed by atoms with Crippen LogP contribution in [0, 0.1) is 35.0 Å². The van der Waals surface area contributed by atoms with Gasteiger partial charge in [0.1, 0.15) is 11.4 Å². The number of fused-ring (bicyclic) bond motifs is 1. The van der Waals surface area contributed by atoms with Gasteiger partial charge >= 0.3 is 5.97 Å². The third-order valence-electron chi connectivity index (χ3n) is 9.31. The van der Waals surface area contributed by atoms with E-state index in [1.807, 2.05) is 6.08 Å². The summed E-state index contributed by atoms with van der Waals surface area (Å²) in [6.45, 7) is 0. The summed E-state index contributed by atoms with van der Waals surface area (Å²) in [5.74, 6) is 3.19. The summed E-state index contributed by atoms with van der Waals surface area (Å²) >= 11 is 0. The maximum atomic E-state index is 11.2. The quantitative estimate of drug-likeness (QED) is 0.281. The molecule has 30 heavy (non-hydrogen) atoms. The highest BCUT2D eigenvalue weighted by atomic mass is 16.4. The van der Waals surface area contributed by atoms with Crippen molar-refractivity contribution in [1.29, 1.82) is 0 Å². The van der Waals surface area contributed by atoms with Gasteiger partial charge < -0.3 is 15.3 Å². The largest absolute Gasteiger partial charge is 0.510 e. The van der Waals surface area contributed by atoms with E-state index in [9.17, 15) is 15.0 Å². The SMILES string of the molecule is O=C(O)CCCC=C1C[C@@H]2CC(O)(C(O)=CCC34CC5CC(CC(C5)C3)C4)C[C@@H]2C1. The fourth-order valence-corrected chi connectivity index (χ4v) is 8.50. The van der Waals surface area contributed by atoms with Gasteiger partial charge in [-0.25, -0.2) is 0 Å². The van der Waals surface area contributed by atoms with Crippen LogP contribution in [-0.2, 0) is 4.79 Å². The highest BCUT2D eigenvalue weighted by Gasteiger charge is 2.52. The zero-order valence-electron chi connectivity index (χ0n) is 18.2. The van der Waals surface area contributed by atoms with Gasteiger partial charge in [0.15, 0.2) is 0 Å². The van der Waals surface area contributed by atoms with Gasteiger partial charge in [-0.05, 0) is 125 Å². The van der Waals surface area contributed by atoms with Crippen LogP contribution in [0.5, 0.6) is 0 Å². The number of carbonyl (C=O) groups is 1. The Balaban J connectivity index is 1.16. The van der Waals surface area contributed by atoms with Crippen LogP contribution in [0.25, 0.3) is 0 Å². The first-order valence-electron chi connectivity index (χ1n) is 12.3. The molecule has 4 nitrogen and oxygen atoms in total. The molecule has 1 unspecified atom stereocenters. The third-order valence-corrected chi connectivity index (χ3v) is 9.31. The Morgan fingerprint density at radius 2 is 1.50 bits per heavy atom. The number of unbranched alkanes of at least 4 members (excludes halogenated alkanes) is 1. The van der Waals surface area contributed by atoms with Gasteiger partial charge in [0, 0.05) is 6.42 Å². The topological polar surface area (TPSA) is 77.8 Å². The molecule has 0 radical (unpaired) electrons. The van der Waals surface area contributed by atoms with Gasteiger partial charge in [-0.15, -0.1) is 0 Å². The Morgan fingerprint density at radius 1 is 0.933 bits per heavy atom. The Bertz CT molecular complexity index is 697. The number of hydrogen-bond acceptors (Lipinski definition) is 3. The molecule has 0 amide bonds. The highest BCUT2D eigenvalue weighted by Crippen LogP contribution is 2.61. The van der Waals surface area contributed by atoms with Crippen LogP contribution in [0.1, 0.15) is 89.9 Å². The van der Waals surface area contributed by atoms with Crippen LogP contribution in [0.2, 0.25) is 0 Å². The number of carboxylic acids is 1. The minimum atomic E-state index is -1.02. The molecule has 0 aromatic carbocycles. The molecule has 0 aliphatic heterocycles. The van der Waals surface area contributed by atoms with Crippen LogP contribution >= 0.6 is 0 Å². The van der Waals surface area contributed by atoms with E-state index >= 15 is 0 Å². The normalized spacial score (nSPS) is 46.0. The van der Waals surface area contributed by atoms with Crippen molar-refractivity contribution in [3.8, 4) is 0 Å². The van der Waals surface area contributed by atoms with Crippen molar-refractivity contribution in [2.45, 2.75) is 95.5 Å². The van der Waals surface area contributed by atoms with E-state index in [2.05, 4.69) is 6.08 Å². The highest BCUT2D eigenvalue weighted by molar-refractivity contribution is 5.66. The van der Waals surface area contributed by atoms with Crippen molar-refractivity contribution in [2.24, 2.45) is 35.0 Å². The predicted octanol–water partition coefficient (Wildman–Crippen LogP) is 5.77. The molecule has 4 heteroatoms. The maximum absolute atomic E-state index is 11.2. The van der Waals surface area contributed by atoms with Crippen molar-refractivity contribution >= 4 is 5.97 Å². The van der Waals surface area contributed by atoms with Crippen molar-refractivity contribution < 1.29 is 20.1 Å². The zero-order chi connectivity index (χ0) is 20.9. The summed E-state index contributed by atoms with van der Waals surface area (Å²) in [7, 11) is 0. The average molecular weight is 415 g/mol. The third kappa shape index (κ3) is 3.97. The fourth-order valence-electron chi connectivity index (χ4n) is 8.50. The molecular formula is C26H38O4. The molecule has 0 aromatic heterocycles. The van der Waals surface area contributed by atoms with Gasteiger partial charge in [-0.1, -0.05) is 11.6 Å². The second kappa shape index (κ2) is 7.69. The molecule has 0 aromatic rings. The van der Waals surface area contributed by atoms with Crippen molar-refractivity contribution in [3.05, 3.63) is 23.5 Å². The molecule has 6 fully saturated rings. The van der Waals surface area contributed by atoms with Crippen LogP contribution in [0.15, 0.2) is 23.5 Å². The van der Waals surface area contributed by atoms with Gasteiger partial charge in [-0.2, -0.15) is 0 Å². The maximum Gasteiger partial charge on any atom is 0.303 e. The fraction of sp³-hybridized carbons (Fsp3) is 0.808. The molecular weight excluding hydrogens is 376 g/mol. The molecule has 6 aliphatic carbocycles. The van der Waals surface area contributed by atoms with Crippen LogP contribution < -0.4 is 0 Å². The Kier molecular flexibility index (Phi) is 5.28. The van der Waals surface area contributed by atoms with Crippen LogP contribution in [-0.4, -0.2) is 26.9 Å². The average Bonchev–Trinajstić information content (AvgIpc) is 3.17. The lowest BCUT2D eigenvalue weighted by Crippen LogP contribution is -2.45. The summed E-state index contributed by atoms with van der Waals surface area (Å²) < 4.78 is 0. The summed E-state index contributed by atoms with van der Waals surface area (Å²) in [4.78, 5) is 10.6. The number of carboxylic acid groups (broad SMARTS) is 1. The minimum Gasteiger partial charge on any atom is -0.510 e.